The van der Waals surface area contributed by atoms with Crippen LogP contribution in [0.15, 0.2) is 42.5 Å². The number of benzene rings is 2. The molecular weight excluding hydrogens is 375 g/mol. The first-order chi connectivity index (χ1) is 12.1. The fourth-order valence-corrected chi connectivity index (χ4v) is 2.58. The molecule has 0 fully saturated rings. The predicted molar refractivity (Wildman–Crippen MR) is 107 cm³/mol. The third-order valence-corrected chi connectivity index (χ3v) is 3.93. The lowest BCUT2D eigenvalue weighted by Crippen LogP contribution is -2.31. The summed E-state index contributed by atoms with van der Waals surface area (Å²) in [7, 11) is 1.51. The number of carbonyl (C=O) groups is 1. The first kappa shape index (κ1) is 22.1. The van der Waals surface area contributed by atoms with Gasteiger partial charge in [0.05, 0.1) is 18.7 Å². The Labute approximate surface area is 165 Å². The van der Waals surface area contributed by atoms with Crippen LogP contribution in [-0.4, -0.2) is 26.2 Å². The minimum absolute atomic E-state index is 0. The van der Waals surface area contributed by atoms with E-state index in [4.69, 9.17) is 26.8 Å². The van der Waals surface area contributed by atoms with Crippen LogP contribution in [0.2, 0.25) is 5.02 Å². The molecule has 7 heteroatoms. The van der Waals surface area contributed by atoms with Crippen LogP contribution in [0.4, 0.5) is 0 Å². The van der Waals surface area contributed by atoms with E-state index in [1.807, 2.05) is 37.3 Å². The molecule has 0 saturated heterocycles. The lowest BCUT2D eigenvalue weighted by atomic mass is 10.1. The molecule has 142 valence electrons. The van der Waals surface area contributed by atoms with Gasteiger partial charge in [0.25, 0.3) is 5.91 Å². The minimum Gasteiger partial charge on any atom is -0.493 e. The maximum atomic E-state index is 12.4. The van der Waals surface area contributed by atoms with E-state index in [9.17, 15) is 4.79 Å². The first-order valence-corrected chi connectivity index (χ1v) is 8.53. The average molecular weight is 399 g/mol. The number of nitrogens with one attached hydrogen (secondary N) is 1. The monoisotopic (exact) mass is 398 g/mol. The van der Waals surface area contributed by atoms with E-state index in [0.29, 0.717) is 35.2 Å². The zero-order chi connectivity index (χ0) is 18.2. The summed E-state index contributed by atoms with van der Waals surface area (Å²) >= 11 is 6.24. The molecule has 0 saturated carbocycles. The van der Waals surface area contributed by atoms with Crippen LogP contribution >= 0.6 is 24.0 Å². The molecule has 3 N–H and O–H groups in total. The summed E-state index contributed by atoms with van der Waals surface area (Å²) < 4.78 is 10.9. The Morgan fingerprint density at radius 1 is 1.27 bits per heavy atom. The fraction of sp³-hybridized carbons (Fsp3) is 0.316. The summed E-state index contributed by atoms with van der Waals surface area (Å²) in [5.41, 5.74) is 7.46. The molecular formula is C19H24Cl2N2O3. The largest absolute Gasteiger partial charge is 0.493 e. The van der Waals surface area contributed by atoms with Gasteiger partial charge < -0.3 is 20.5 Å². The van der Waals surface area contributed by atoms with E-state index in [2.05, 4.69) is 5.32 Å². The van der Waals surface area contributed by atoms with Crippen LogP contribution in [0.1, 0.15) is 35.3 Å². The second-order valence-corrected chi connectivity index (χ2v) is 5.97. The fourth-order valence-electron chi connectivity index (χ4n) is 2.32. The molecule has 2 aromatic carbocycles. The summed E-state index contributed by atoms with van der Waals surface area (Å²) in [5, 5.41) is 3.16. The molecule has 2 aromatic rings. The number of ether oxygens (including phenoxy) is 2. The van der Waals surface area contributed by atoms with Crippen molar-refractivity contribution >= 4 is 29.9 Å². The number of methoxy groups -OCH3 is 1. The van der Waals surface area contributed by atoms with Gasteiger partial charge >= 0.3 is 0 Å². The van der Waals surface area contributed by atoms with Gasteiger partial charge in [-0.15, -0.1) is 12.4 Å². The summed E-state index contributed by atoms with van der Waals surface area (Å²) in [6, 6.07) is 12.5. The van der Waals surface area contributed by atoms with Crippen molar-refractivity contribution in [1.29, 1.82) is 0 Å². The molecule has 1 atom stereocenters. The van der Waals surface area contributed by atoms with Gasteiger partial charge in [-0.25, -0.2) is 0 Å². The molecule has 26 heavy (non-hydrogen) atoms. The molecule has 0 aliphatic rings. The van der Waals surface area contributed by atoms with Crippen molar-refractivity contribution < 1.29 is 14.3 Å². The van der Waals surface area contributed by atoms with Crippen molar-refractivity contribution in [3.8, 4) is 11.5 Å². The van der Waals surface area contributed by atoms with Crippen molar-refractivity contribution in [1.82, 2.24) is 5.32 Å². The molecule has 1 unspecified atom stereocenters. The average Bonchev–Trinajstić information content (AvgIpc) is 2.64. The van der Waals surface area contributed by atoms with E-state index in [1.165, 1.54) is 7.11 Å². The quantitative estimate of drug-likeness (QED) is 0.704. The number of carbonyl (C=O) groups excluding carboxylic acids is 1. The zero-order valence-corrected chi connectivity index (χ0v) is 16.4. The van der Waals surface area contributed by atoms with Crippen LogP contribution in [0.3, 0.4) is 0 Å². The van der Waals surface area contributed by atoms with E-state index in [1.54, 1.807) is 12.1 Å². The Bertz CT molecular complexity index is 711. The summed E-state index contributed by atoms with van der Waals surface area (Å²) in [6.45, 7) is 2.84. The van der Waals surface area contributed by atoms with Gasteiger partial charge in [0.15, 0.2) is 11.5 Å². The second-order valence-electron chi connectivity index (χ2n) is 5.57. The highest BCUT2D eigenvalue weighted by atomic mass is 35.5. The number of hydrogen-bond acceptors (Lipinski definition) is 4. The molecule has 1 amide bonds. The summed E-state index contributed by atoms with van der Waals surface area (Å²) in [5.74, 6) is 0.607. The minimum atomic E-state index is -0.283. The number of halogens is 2. The Kier molecular flexibility index (Phi) is 9.27. The number of rotatable bonds is 8. The van der Waals surface area contributed by atoms with Crippen molar-refractivity contribution in [2.75, 3.05) is 20.3 Å². The van der Waals surface area contributed by atoms with Gasteiger partial charge in [-0.2, -0.15) is 0 Å². The Hall–Kier alpha value is -1.95. The van der Waals surface area contributed by atoms with Crippen LogP contribution in [0, 0.1) is 0 Å². The SMILES string of the molecule is CCCOc1c(Cl)cc(C(=O)NCC(N)c2ccccc2)cc1OC.Cl. The highest BCUT2D eigenvalue weighted by molar-refractivity contribution is 6.32. The van der Waals surface area contributed by atoms with Crippen molar-refractivity contribution in [2.45, 2.75) is 19.4 Å². The van der Waals surface area contributed by atoms with Crippen molar-refractivity contribution in [3.05, 3.63) is 58.6 Å². The van der Waals surface area contributed by atoms with Gasteiger partial charge in [0.2, 0.25) is 0 Å². The molecule has 5 nitrogen and oxygen atoms in total. The van der Waals surface area contributed by atoms with E-state index >= 15 is 0 Å². The van der Waals surface area contributed by atoms with E-state index in [-0.39, 0.29) is 24.4 Å². The summed E-state index contributed by atoms with van der Waals surface area (Å²) in [4.78, 5) is 12.4. The smallest absolute Gasteiger partial charge is 0.251 e. The molecule has 0 aromatic heterocycles. The zero-order valence-electron chi connectivity index (χ0n) is 14.8. The Balaban J connectivity index is 0.00000338. The third kappa shape index (κ3) is 5.80. The molecule has 0 bridgehead atoms. The summed E-state index contributed by atoms with van der Waals surface area (Å²) in [6.07, 6.45) is 0.846. The van der Waals surface area contributed by atoms with Crippen LogP contribution in [-0.2, 0) is 0 Å². The van der Waals surface area contributed by atoms with E-state index in [0.717, 1.165) is 12.0 Å². The maximum Gasteiger partial charge on any atom is 0.251 e. The molecule has 0 radical (unpaired) electrons. The van der Waals surface area contributed by atoms with Gasteiger partial charge in [-0.1, -0.05) is 48.9 Å². The van der Waals surface area contributed by atoms with Gasteiger partial charge in [-0.3, -0.25) is 4.79 Å². The molecule has 0 aliphatic heterocycles. The predicted octanol–water partition coefficient (Wildman–Crippen LogP) is 3.99. The van der Waals surface area contributed by atoms with Crippen LogP contribution < -0.4 is 20.5 Å². The molecule has 0 spiro atoms. The van der Waals surface area contributed by atoms with Gasteiger partial charge in [-0.05, 0) is 24.1 Å². The topological polar surface area (TPSA) is 73.6 Å². The van der Waals surface area contributed by atoms with Crippen LogP contribution in [0.25, 0.3) is 0 Å². The van der Waals surface area contributed by atoms with Crippen LogP contribution in [0.5, 0.6) is 11.5 Å². The number of hydrogen-bond donors (Lipinski definition) is 2. The van der Waals surface area contributed by atoms with Crippen molar-refractivity contribution in [3.63, 3.8) is 0 Å². The number of amides is 1. The molecule has 2 rings (SSSR count). The Morgan fingerprint density at radius 3 is 2.58 bits per heavy atom. The first-order valence-electron chi connectivity index (χ1n) is 8.15. The second kappa shape index (κ2) is 10.9. The lowest BCUT2D eigenvalue weighted by molar-refractivity contribution is 0.0950. The van der Waals surface area contributed by atoms with Gasteiger partial charge in [0.1, 0.15) is 0 Å². The molecule has 0 aliphatic carbocycles. The third-order valence-electron chi connectivity index (χ3n) is 3.65. The Morgan fingerprint density at radius 2 is 1.96 bits per heavy atom. The highest BCUT2D eigenvalue weighted by Crippen LogP contribution is 2.36. The van der Waals surface area contributed by atoms with Crippen molar-refractivity contribution in [2.24, 2.45) is 5.73 Å². The number of nitrogens with two attached hydrogens (primary N) is 1. The lowest BCUT2D eigenvalue weighted by Gasteiger charge is -2.15. The highest BCUT2D eigenvalue weighted by Gasteiger charge is 2.16. The van der Waals surface area contributed by atoms with E-state index < -0.39 is 0 Å². The van der Waals surface area contributed by atoms with Gasteiger partial charge in [0, 0.05) is 18.2 Å². The standard InChI is InChI=1S/C19H23ClN2O3.ClH/c1-3-9-25-18-15(20)10-14(11-17(18)24-2)19(23)22-12-16(21)13-7-5-4-6-8-13;/h4-8,10-11,16H,3,9,12,21H2,1-2H3,(H,22,23);1H. The maximum absolute atomic E-state index is 12.4. The molecule has 0 heterocycles. The normalized spacial score (nSPS) is 11.2.